The molecule has 0 aliphatic carbocycles. The average molecular weight is 279 g/mol. The fourth-order valence-corrected chi connectivity index (χ4v) is 1.83. The molecule has 1 aromatic carbocycles. The zero-order chi connectivity index (χ0) is 15.3. The molecule has 0 heterocycles. The van der Waals surface area contributed by atoms with Crippen molar-refractivity contribution >= 4 is 0 Å². The first-order valence-corrected chi connectivity index (χ1v) is 7.31. The Kier molecular flexibility index (Phi) is 6.03. The van der Waals surface area contributed by atoms with Crippen LogP contribution in [-0.2, 0) is 0 Å². The molecule has 1 aromatic rings. The summed E-state index contributed by atoms with van der Waals surface area (Å²) < 4.78 is 5.68. The number of aryl methyl sites for hydroxylation is 2. The normalized spacial score (nSPS) is 14.9. The summed E-state index contributed by atoms with van der Waals surface area (Å²) >= 11 is 0. The van der Waals surface area contributed by atoms with Crippen LogP contribution in [-0.4, -0.2) is 30.4 Å². The summed E-state index contributed by atoms with van der Waals surface area (Å²) in [4.78, 5) is 0. The van der Waals surface area contributed by atoms with Gasteiger partial charge in [-0.25, -0.2) is 0 Å². The SMILES string of the molecule is Cc1ccc(OCC(O)CNC(C)C(C)(C)C)c(C)c1. The number of hydrogen-bond acceptors (Lipinski definition) is 3. The van der Waals surface area contributed by atoms with Crippen LogP contribution in [0.1, 0.15) is 38.8 Å². The quantitative estimate of drug-likeness (QED) is 0.841. The molecule has 0 saturated heterocycles. The lowest BCUT2D eigenvalue weighted by atomic mass is 9.88. The molecule has 2 N–H and O–H groups in total. The summed E-state index contributed by atoms with van der Waals surface area (Å²) in [7, 11) is 0. The lowest BCUT2D eigenvalue weighted by Crippen LogP contribution is -2.42. The third-order valence-corrected chi connectivity index (χ3v) is 3.72. The number of nitrogens with one attached hydrogen (secondary N) is 1. The van der Waals surface area contributed by atoms with E-state index in [1.807, 2.05) is 19.1 Å². The third kappa shape index (κ3) is 5.51. The van der Waals surface area contributed by atoms with Gasteiger partial charge in [-0.3, -0.25) is 0 Å². The summed E-state index contributed by atoms with van der Waals surface area (Å²) in [5.41, 5.74) is 2.51. The number of ether oxygens (including phenoxy) is 1. The van der Waals surface area contributed by atoms with E-state index in [1.165, 1.54) is 5.56 Å². The molecule has 2 unspecified atom stereocenters. The Morgan fingerprint density at radius 2 is 1.90 bits per heavy atom. The van der Waals surface area contributed by atoms with E-state index in [1.54, 1.807) is 0 Å². The molecular weight excluding hydrogens is 250 g/mol. The van der Waals surface area contributed by atoms with Crippen molar-refractivity contribution in [1.29, 1.82) is 0 Å². The van der Waals surface area contributed by atoms with E-state index in [0.29, 0.717) is 19.2 Å². The molecule has 0 aliphatic heterocycles. The van der Waals surface area contributed by atoms with Gasteiger partial charge in [0.25, 0.3) is 0 Å². The molecule has 0 bridgehead atoms. The number of rotatable bonds is 6. The van der Waals surface area contributed by atoms with Crippen LogP contribution < -0.4 is 10.1 Å². The van der Waals surface area contributed by atoms with Crippen LogP contribution in [0.3, 0.4) is 0 Å². The molecule has 0 amide bonds. The van der Waals surface area contributed by atoms with Crippen LogP contribution in [0.25, 0.3) is 0 Å². The predicted octanol–water partition coefficient (Wildman–Crippen LogP) is 3.07. The summed E-state index contributed by atoms with van der Waals surface area (Å²) in [6.45, 7) is 13.6. The summed E-state index contributed by atoms with van der Waals surface area (Å²) in [5, 5.41) is 13.3. The van der Waals surface area contributed by atoms with E-state index in [9.17, 15) is 5.11 Å². The van der Waals surface area contributed by atoms with Crippen LogP contribution in [0.5, 0.6) is 5.75 Å². The number of aliphatic hydroxyl groups excluding tert-OH is 1. The number of benzene rings is 1. The highest BCUT2D eigenvalue weighted by molar-refractivity contribution is 5.35. The zero-order valence-electron chi connectivity index (χ0n) is 13.7. The highest BCUT2D eigenvalue weighted by Gasteiger charge is 2.20. The third-order valence-electron chi connectivity index (χ3n) is 3.72. The molecule has 1 rings (SSSR count). The van der Waals surface area contributed by atoms with Crippen molar-refractivity contribution in [2.45, 2.75) is 53.7 Å². The predicted molar refractivity (Wildman–Crippen MR) is 84.3 cm³/mol. The van der Waals surface area contributed by atoms with Gasteiger partial charge in [0.2, 0.25) is 0 Å². The molecule has 0 radical (unpaired) electrons. The van der Waals surface area contributed by atoms with Gasteiger partial charge >= 0.3 is 0 Å². The topological polar surface area (TPSA) is 41.5 Å². The lowest BCUT2D eigenvalue weighted by Gasteiger charge is -2.29. The minimum Gasteiger partial charge on any atom is -0.491 e. The number of aliphatic hydroxyl groups is 1. The molecule has 0 aliphatic rings. The highest BCUT2D eigenvalue weighted by Crippen LogP contribution is 2.19. The summed E-state index contributed by atoms with van der Waals surface area (Å²) in [6.07, 6.45) is -0.500. The first-order chi connectivity index (χ1) is 9.20. The molecule has 0 spiro atoms. The Labute approximate surface area is 123 Å². The average Bonchev–Trinajstić information content (AvgIpc) is 2.33. The van der Waals surface area contributed by atoms with Crippen molar-refractivity contribution in [3.05, 3.63) is 29.3 Å². The minimum atomic E-state index is -0.500. The van der Waals surface area contributed by atoms with Gasteiger partial charge in [0, 0.05) is 12.6 Å². The minimum absolute atomic E-state index is 0.189. The van der Waals surface area contributed by atoms with Gasteiger partial charge in [-0.15, -0.1) is 0 Å². The van der Waals surface area contributed by atoms with E-state index >= 15 is 0 Å². The first kappa shape index (κ1) is 17.0. The Morgan fingerprint density at radius 3 is 2.45 bits per heavy atom. The standard InChI is InChI=1S/C17H29NO2/c1-12-7-8-16(13(2)9-12)20-11-15(19)10-18-14(3)17(4,5)6/h7-9,14-15,18-19H,10-11H2,1-6H3. The highest BCUT2D eigenvalue weighted by atomic mass is 16.5. The second kappa shape index (κ2) is 7.09. The van der Waals surface area contributed by atoms with E-state index in [-0.39, 0.29) is 5.41 Å². The van der Waals surface area contributed by atoms with Crippen LogP contribution in [0, 0.1) is 19.3 Å². The Hall–Kier alpha value is -1.06. The molecule has 2 atom stereocenters. The number of hydrogen-bond donors (Lipinski definition) is 2. The maximum Gasteiger partial charge on any atom is 0.122 e. The largest absolute Gasteiger partial charge is 0.491 e. The van der Waals surface area contributed by atoms with Crippen molar-refractivity contribution < 1.29 is 9.84 Å². The van der Waals surface area contributed by atoms with Gasteiger partial charge in [0.1, 0.15) is 18.5 Å². The van der Waals surface area contributed by atoms with Gasteiger partial charge < -0.3 is 15.2 Å². The van der Waals surface area contributed by atoms with Crippen LogP contribution in [0.4, 0.5) is 0 Å². The molecule has 114 valence electrons. The van der Waals surface area contributed by atoms with Crippen molar-refractivity contribution in [1.82, 2.24) is 5.32 Å². The van der Waals surface area contributed by atoms with Crippen LogP contribution in [0.15, 0.2) is 18.2 Å². The van der Waals surface area contributed by atoms with Crippen LogP contribution in [0.2, 0.25) is 0 Å². The molecule has 3 heteroatoms. The molecular formula is C17H29NO2. The van der Waals surface area contributed by atoms with Crippen molar-refractivity contribution in [3.8, 4) is 5.75 Å². The fraction of sp³-hybridized carbons (Fsp3) is 0.647. The van der Waals surface area contributed by atoms with Crippen LogP contribution >= 0.6 is 0 Å². The van der Waals surface area contributed by atoms with Gasteiger partial charge in [-0.1, -0.05) is 38.5 Å². The second-order valence-electron chi connectivity index (χ2n) is 6.73. The monoisotopic (exact) mass is 279 g/mol. The summed E-state index contributed by atoms with van der Waals surface area (Å²) in [5.74, 6) is 0.846. The molecule has 0 fully saturated rings. The van der Waals surface area contributed by atoms with E-state index in [4.69, 9.17) is 4.74 Å². The second-order valence-corrected chi connectivity index (χ2v) is 6.73. The Balaban J connectivity index is 2.38. The van der Waals surface area contributed by atoms with Gasteiger partial charge in [0.05, 0.1) is 0 Å². The summed E-state index contributed by atoms with van der Waals surface area (Å²) in [6, 6.07) is 6.41. The molecule has 3 nitrogen and oxygen atoms in total. The van der Waals surface area contributed by atoms with Crippen molar-refractivity contribution in [3.63, 3.8) is 0 Å². The van der Waals surface area contributed by atoms with Crippen molar-refractivity contribution in [2.24, 2.45) is 5.41 Å². The van der Waals surface area contributed by atoms with Crippen molar-refractivity contribution in [2.75, 3.05) is 13.2 Å². The molecule has 20 heavy (non-hydrogen) atoms. The first-order valence-electron chi connectivity index (χ1n) is 7.31. The molecule has 0 aromatic heterocycles. The smallest absolute Gasteiger partial charge is 0.122 e. The van der Waals surface area contributed by atoms with E-state index < -0.39 is 6.10 Å². The van der Waals surface area contributed by atoms with Gasteiger partial charge in [0.15, 0.2) is 0 Å². The Morgan fingerprint density at radius 1 is 1.25 bits per heavy atom. The van der Waals surface area contributed by atoms with E-state index in [2.05, 4.69) is 46.0 Å². The lowest BCUT2D eigenvalue weighted by molar-refractivity contribution is 0.0983. The Bertz CT molecular complexity index is 423. The fourth-order valence-electron chi connectivity index (χ4n) is 1.83. The van der Waals surface area contributed by atoms with E-state index in [0.717, 1.165) is 11.3 Å². The maximum atomic E-state index is 9.98. The zero-order valence-corrected chi connectivity index (χ0v) is 13.7. The molecule has 0 saturated carbocycles. The maximum absolute atomic E-state index is 9.98. The van der Waals surface area contributed by atoms with Gasteiger partial charge in [-0.2, -0.15) is 0 Å². The van der Waals surface area contributed by atoms with Gasteiger partial charge in [-0.05, 0) is 37.8 Å².